The third kappa shape index (κ3) is 5.22. The molecular weight excluding hydrogens is 553 g/mol. The van der Waals surface area contributed by atoms with E-state index < -0.39 is 5.91 Å². The van der Waals surface area contributed by atoms with Gasteiger partial charge >= 0.3 is 0 Å². The second-order valence-corrected chi connectivity index (χ2v) is 11.2. The molecule has 0 atom stereocenters. The van der Waals surface area contributed by atoms with Crippen molar-refractivity contribution in [3.8, 4) is 0 Å². The van der Waals surface area contributed by atoms with Crippen LogP contribution >= 0.6 is 11.3 Å². The number of rotatable bonds is 6. The summed E-state index contributed by atoms with van der Waals surface area (Å²) in [5, 5.41) is 8.05. The minimum atomic E-state index is -0.410. The number of nitrogens with zero attached hydrogens (tertiary/aromatic N) is 4. The number of hydrogen-bond acceptors (Lipinski definition) is 7. The predicted molar refractivity (Wildman–Crippen MR) is 160 cm³/mol. The fourth-order valence-corrected chi connectivity index (χ4v) is 6.15. The molecule has 0 saturated heterocycles. The number of aromatic amines is 1. The van der Waals surface area contributed by atoms with Crippen LogP contribution in [0.5, 0.6) is 0 Å². The molecule has 3 aromatic heterocycles. The maximum absolute atomic E-state index is 13.3. The summed E-state index contributed by atoms with van der Waals surface area (Å²) in [6, 6.07) is 21.2. The molecule has 11 heteroatoms. The van der Waals surface area contributed by atoms with Gasteiger partial charge in [-0.2, -0.15) is 0 Å². The molecule has 0 spiro atoms. The van der Waals surface area contributed by atoms with Gasteiger partial charge in [0.15, 0.2) is 5.13 Å². The lowest BCUT2D eigenvalue weighted by atomic mass is 10.1. The lowest BCUT2D eigenvalue weighted by molar-refractivity contribution is 0.101. The summed E-state index contributed by atoms with van der Waals surface area (Å²) in [5.74, 6) is -0.772. The first kappa shape index (κ1) is 25.9. The van der Waals surface area contributed by atoms with Crippen molar-refractivity contribution in [2.75, 3.05) is 17.2 Å². The molecule has 3 aromatic carbocycles. The number of carbonyl (C=O) groups is 2. The van der Waals surface area contributed by atoms with Crippen LogP contribution in [0.15, 0.2) is 79.0 Å². The number of carbonyl (C=O) groups excluding carboxylic acids is 2. The molecule has 0 radical (unpaired) electrons. The number of hydrogen-bond donors (Lipinski definition) is 3. The van der Waals surface area contributed by atoms with Crippen molar-refractivity contribution >= 4 is 56.0 Å². The van der Waals surface area contributed by atoms with Crippen LogP contribution in [0.2, 0.25) is 0 Å². The van der Waals surface area contributed by atoms with E-state index in [1.165, 1.54) is 23.5 Å². The number of thiazole rings is 1. The first-order chi connectivity index (χ1) is 20.5. The first-order valence-corrected chi connectivity index (χ1v) is 14.2. The van der Waals surface area contributed by atoms with Crippen molar-refractivity contribution < 1.29 is 14.0 Å². The number of amides is 2. The number of para-hydroxylation sites is 1. The van der Waals surface area contributed by atoms with Gasteiger partial charge in [-0.05, 0) is 41.3 Å². The van der Waals surface area contributed by atoms with Gasteiger partial charge in [-0.1, -0.05) is 42.5 Å². The number of pyridine rings is 1. The van der Waals surface area contributed by atoms with Crippen molar-refractivity contribution in [2.24, 2.45) is 0 Å². The zero-order chi connectivity index (χ0) is 28.6. The van der Waals surface area contributed by atoms with Crippen molar-refractivity contribution in [1.29, 1.82) is 0 Å². The molecule has 1 aliphatic heterocycles. The van der Waals surface area contributed by atoms with Crippen molar-refractivity contribution in [3.63, 3.8) is 0 Å². The third-order valence-electron chi connectivity index (χ3n) is 7.20. The predicted octanol–water partition coefficient (Wildman–Crippen LogP) is 5.77. The van der Waals surface area contributed by atoms with Crippen molar-refractivity contribution in [1.82, 2.24) is 24.8 Å². The maximum Gasteiger partial charge on any atom is 0.276 e. The van der Waals surface area contributed by atoms with Gasteiger partial charge in [-0.25, -0.2) is 14.4 Å². The minimum Gasteiger partial charge on any atom is -0.324 e. The Hall–Kier alpha value is -5.00. The van der Waals surface area contributed by atoms with E-state index >= 15 is 0 Å². The fourth-order valence-electron chi connectivity index (χ4n) is 5.10. The molecule has 42 heavy (non-hydrogen) atoms. The Bertz CT molecular complexity index is 1970. The van der Waals surface area contributed by atoms with Gasteiger partial charge in [-0.15, -0.1) is 11.3 Å². The van der Waals surface area contributed by atoms with Crippen LogP contribution in [0.25, 0.3) is 21.8 Å². The van der Waals surface area contributed by atoms with Crippen LogP contribution in [-0.4, -0.2) is 43.2 Å². The van der Waals surface area contributed by atoms with Gasteiger partial charge in [0.05, 0.1) is 16.8 Å². The number of nitrogens with one attached hydrogen (secondary N) is 3. The van der Waals surface area contributed by atoms with Crippen LogP contribution in [0.3, 0.4) is 0 Å². The minimum absolute atomic E-state index is 0.219. The normalized spacial score (nSPS) is 13.3. The Morgan fingerprint density at radius 3 is 2.64 bits per heavy atom. The summed E-state index contributed by atoms with van der Waals surface area (Å²) >= 11 is 1.46. The smallest absolute Gasteiger partial charge is 0.276 e. The monoisotopic (exact) mass is 577 g/mol. The molecule has 0 bridgehead atoms. The molecule has 7 rings (SSSR count). The number of aromatic nitrogens is 4. The standard InChI is InChI=1S/C31H24FN7O2S/c32-21-10-8-18(9-11-21)16-39-13-12-23-26(17-39)42-31(35-23)38-28(40)22-6-3-7-24-27(22)36-30(34-24)37-29(41)25-14-19-4-1-2-5-20(19)15-33-25/h1-11,14-15H,12-13,16-17H2,(H,35,38,40)(H2,34,36,37,41). The highest BCUT2D eigenvalue weighted by molar-refractivity contribution is 7.15. The van der Waals surface area contributed by atoms with Gasteiger partial charge in [0.1, 0.15) is 17.0 Å². The average Bonchev–Trinajstić information content (AvgIpc) is 3.60. The second kappa shape index (κ2) is 10.8. The van der Waals surface area contributed by atoms with E-state index in [1.54, 1.807) is 42.6 Å². The van der Waals surface area contributed by atoms with Gasteiger partial charge < -0.3 is 4.98 Å². The van der Waals surface area contributed by atoms with E-state index in [0.29, 0.717) is 28.3 Å². The van der Waals surface area contributed by atoms with Gasteiger partial charge in [0.2, 0.25) is 5.95 Å². The first-order valence-electron chi connectivity index (χ1n) is 13.4. The zero-order valence-electron chi connectivity index (χ0n) is 22.2. The number of fused-ring (bicyclic) bond motifs is 3. The molecule has 1 aliphatic rings. The van der Waals surface area contributed by atoms with Gasteiger partial charge in [-0.3, -0.25) is 30.1 Å². The number of H-pyrrole nitrogens is 1. The van der Waals surface area contributed by atoms with E-state index in [1.807, 2.05) is 24.3 Å². The zero-order valence-corrected chi connectivity index (χ0v) is 23.0. The lowest BCUT2D eigenvalue weighted by Gasteiger charge is -2.25. The van der Waals surface area contributed by atoms with Crippen LogP contribution < -0.4 is 10.6 Å². The Kier molecular flexibility index (Phi) is 6.65. The molecule has 0 saturated carbocycles. The molecule has 9 nitrogen and oxygen atoms in total. The van der Waals surface area contributed by atoms with Crippen LogP contribution in [0.1, 0.15) is 37.0 Å². The lowest BCUT2D eigenvalue weighted by Crippen LogP contribution is -2.29. The summed E-state index contributed by atoms with van der Waals surface area (Å²) in [6.45, 7) is 2.26. The maximum atomic E-state index is 13.3. The number of halogens is 1. The van der Waals surface area contributed by atoms with Crippen molar-refractivity contribution in [2.45, 2.75) is 19.5 Å². The highest BCUT2D eigenvalue weighted by Crippen LogP contribution is 2.30. The molecule has 208 valence electrons. The summed E-state index contributed by atoms with van der Waals surface area (Å²) in [7, 11) is 0. The van der Waals surface area contributed by atoms with E-state index in [-0.39, 0.29) is 23.4 Å². The molecule has 3 N–H and O–H groups in total. The third-order valence-corrected chi connectivity index (χ3v) is 8.20. The van der Waals surface area contributed by atoms with Crippen LogP contribution in [-0.2, 0) is 19.5 Å². The van der Waals surface area contributed by atoms with Gasteiger partial charge in [0.25, 0.3) is 11.8 Å². The van der Waals surface area contributed by atoms with E-state index in [9.17, 15) is 14.0 Å². The average molecular weight is 578 g/mol. The Morgan fingerprint density at radius 1 is 0.952 bits per heavy atom. The van der Waals surface area contributed by atoms with E-state index in [0.717, 1.165) is 46.4 Å². The molecule has 2 amide bonds. The molecule has 0 unspecified atom stereocenters. The Morgan fingerprint density at radius 2 is 1.79 bits per heavy atom. The molecule has 0 fully saturated rings. The number of anilines is 2. The summed E-state index contributed by atoms with van der Waals surface area (Å²) in [5.41, 5.74) is 3.70. The highest BCUT2D eigenvalue weighted by atomic mass is 32.1. The Labute approximate surface area is 243 Å². The SMILES string of the molecule is O=C(Nc1nc2c(C(=O)Nc3nc4c(s3)CN(Cc3ccc(F)cc3)CC4)cccc2[nH]1)c1cc2ccccc2cn1. The molecular formula is C31H24FN7O2S. The molecule has 0 aliphatic carbocycles. The van der Waals surface area contributed by atoms with Crippen LogP contribution in [0, 0.1) is 5.82 Å². The number of benzene rings is 3. The quantitative estimate of drug-likeness (QED) is 0.232. The number of imidazole rings is 1. The van der Waals surface area contributed by atoms with E-state index in [4.69, 9.17) is 0 Å². The molecule has 6 aromatic rings. The van der Waals surface area contributed by atoms with E-state index in [2.05, 4.69) is 35.5 Å². The fraction of sp³-hybridized carbons (Fsp3) is 0.129. The largest absolute Gasteiger partial charge is 0.324 e. The van der Waals surface area contributed by atoms with Crippen molar-refractivity contribution in [3.05, 3.63) is 112 Å². The summed E-state index contributed by atoms with van der Waals surface area (Å²) < 4.78 is 13.3. The van der Waals surface area contributed by atoms with Gasteiger partial charge in [0, 0.05) is 42.5 Å². The molecule has 4 heterocycles. The van der Waals surface area contributed by atoms with Crippen LogP contribution in [0.4, 0.5) is 15.5 Å². The summed E-state index contributed by atoms with van der Waals surface area (Å²) in [4.78, 5) is 46.1. The summed E-state index contributed by atoms with van der Waals surface area (Å²) in [6.07, 6.45) is 2.43. The second-order valence-electron chi connectivity index (χ2n) is 10.1. The topological polar surface area (TPSA) is 116 Å². The Balaban J connectivity index is 1.05. The highest BCUT2D eigenvalue weighted by Gasteiger charge is 2.23.